The molecular formula is C12H18N2O3S. The van der Waals surface area contributed by atoms with Crippen molar-refractivity contribution < 1.29 is 14.6 Å². The van der Waals surface area contributed by atoms with E-state index in [1.165, 1.54) is 18.4 Å². The molecule has 0 bridgehead atoms. The number of esters is 1. The number of rotatable bonds is 3. The molecule has 1 aliphatic rings. The van der Waals surface area contributed by atoms with E-state index in [0.717, 1.165) is 31.1 Å². The van der Waals surface area contributed by atoms with E-state index in [0.29, 0.717) is 16.5 Å². The second-order valence-electron chi connectivity index (χ2n) is 4.54. The molecule has 5 nitrogen and oxygen atoms in total. The number of aromatic nitrogens is 1. The fourth-order valence-electron chi connectivity index (χ4n) is 2.19. The van der Waals surface area contributed by atoms with Gasteiger partial charge in [-0.3, -0.25) is 0 Å². The smallest absolute Gasteiger partial charge is 0.350 e. The number of methoxy groups -OCH3 is 1. The fraction of sp³-hybridized carbons (Fsp3) is 0.667. The lowest BCUT2D eigenvalue weighted by Crippen LogP contribution is -2.36. The average molecular weight is 270 g/mol. The first-order chi connectivity index (χ1) is 8.65. The lowest BCUT2D eigenvalue weighted by Gasteiger charge is -2.31. The number of nitrogens with zero attached hydrogens (tertiary/aromatic N) is 2. The van der Waals surface area contributed by atoms with Gasteiger partial charge in [0.2, 0.25) is 0 Å². The lowest BCUT2D eigenvalue weighted by molar-refractivity contribution is 0.0605. The van der Waals surface area contributed by atoms with Gasteiger partial charge < -0.3 is 14.7 Å². The van der Waals surface area contributed by atoms with Crippen molar-refractivity contribution in [2.45, 2.75) is 19.8 Å². The van der Waals surface area contributed by atoms with E-state index in [9.17, 15) is 9.90 Å². The highest BCUT2D eigenvalue weighted by atomic mass is 32.1. The summed E-state index contributed by atoms with van der Waals surface area (Å²) >= 11 is 1.37. The van der Waals surface area contributed by atoms with Crippen LogP contribution in [0.2, 0.25) is 0 Å². The Balaban J connectivity index is 2.16. The zero-order chi connectivity index (χ0) is 13.1. The monoisotopic (exact) mass is 270 g/mol. The van der Waals surface area contributed by atoms with Crippen LogP contribution in [0.1, 0.15) is 28.2 Å². The minimum atomic E-state index is -0.327. The summed E-state index contributed by atoms with van der Waals surface area (Å²) in [6.45, 7) is 3.78. The van der Waals surface area contributed by atoms with Gasteiger partial charge >= 0.3 is 5.97 Å². The van der Waals surface area contributed by atoms with Gasteiger partial charge in [0, 0.05) is 19.7 Å². The standard InChI is InChI=1S/C12H18N2O3S/c1-8-10(11(16)17-2)18-12(13-8)14-5-3-4-9(6-14)7-15/h9,15H,3-7H2,1-2H3. The van der Waals surface area contributed by atoms with Crippen LogP contribution in [0.5, 0.6) is 0 Å². The number of hydrogen-bond acceptors (Lipinski definition) is 6. The topological polar surface area (TPSA) is 62.7 Å². The van der Waals surface area contributed by atoms with Crippen LogP contribution in [0.4, 0.5) is 5.13 Å². The molecule has 6 heteroatoms. The van der Waals surface area contributed by atoms with Crippen molar-refractivity contribution in [1.82, 2.24) is 4.98 Å². The Hall–Kier alpha value is -1.14. The van der Waals surface area contributed by atoms with Gasteiger partial charge in [-0.25, -0.2) is 9.78 Å². The normalized spacial score (nSPS) is 19.9. The van der Waals surface area contributed by atoms with Crippen LogP contribution in [0, 0.1) is 12.8 Å². The van der Waals surface area contributed by atoms with Crippen molar-refractivity contribution in [1.29, 1.82) is 0 Å². The molecule has 0 aromatic carbocycles. The van der Waals surface area contributed by atoms with Gasteiger partial charge in [-0.1, -0.05) is 11.3 Å². The highest BCUT2D eigenvalue weighted by Gasteiger charge is 2.24. The molecule has 2 rings (SSSR count). The predicted octanol–water partition coefficient (Wildman–Crippen LogP) is 1.45. The Morgan fingerprint density at radius 2 is 2.44 bits per heavy atom. The third-order valence-corrected chi connectivity index (χ3v) is 4.40. The Bertz CT molecular complexity index is 433. The van der Waals surface area contributed by atoms with Crippen molar-refractivity contribution in [3.8, 4) is 0 Å². The summed E-state index contributed by atoms with van der Waals surface area (Å²) in [5.41, 5.74) is 0.716. The number of aliphatic hydroxyl groups excluding tert-OH is 1. The molecule has 18 heavy (non-hydrogen) atoms. The van der Waals surface area contributed by atoms with Crippen LogP contribution in [0.25, 0.3) is 0 Å². The highest BCUT2D eigenvalue weighted by Crippen LogP contribution is 2.29. The zero-order valence-electron chi connectivity index (χ0n) is 10.7. The van der Waals surface area contributed by atoms with Crippen LogP contribution in [-0.4, -0.2) is 42.9 Å². The summed E-state index contributed by atoms with van der Waals surface area (Å²) in [7, 11) is 1.38. The molecular weight excluding hydrogens is 252 g/mol. The van der Waals surface area contributed by atoms with E-state index in [-0.39, 0.29) is 12.6 Å². The number of carbonyl (C=O) groups excluding carboxylic acids is 1. The Kier molecular flexibility index (Phi) is 4.19. The Labute approximate surface area is 110 Å². The first-order valence-corrected chi connectivity index (χ1v) is 6.89. The average Bonchev–Trinajstić information content (AvgIpc) is 2.80. The number of aryl methyl sites for hydroxylation is 1. The minimum Gasteiger partial charge on any atom is -0.465 e. The summed E-state index contributed by atoms with van der Waals surface area (Å²) < 4.78 is 4.73. The van der Waals surface area contributed by atoms with Gasteiger partial charge in [-0.15, -0.1) is 0 Å². The van der Waals surface area contributed by atoms with Crippen LogP contribution < -0.4 is 4.90 Å². The van der Waals surface area contributed by atoms with E-state index in [4.69, 9.17) is 4.74 Å². The zero-order valence-corrected chi connectivity index (χ0v) is 11.5. The number of ether oxygens (including phenoxy) is 1. The van der Waals surface area contributed by atoms with Crippen LogP contribution >= 0.6 is 11.3 Å². The number of thiazole rings is 1. The predicted molar refractivity (Wildman–Crippen MR) is 70.2 cm³/mol. The van der Waals surface area contributed by atoms with Crippen LogP contribution in [-0.2, 0) is 4.74 Å². The van der Waals surface area contributed by atoms with Crippen LogP contribution in [0.3, 0.4) is 0 Å². The molecule has 1 aromatic heterocycles. The van der Waals surface area contributed by atoms with Crippen molar-refractivity contribution in [3.63, 3.8) is 0 Å². The number of piperidine rings is 1. The molecule has 1 aliphatic heterocycles. The van der Waals surface area contributed by atoms with E-state index in [1.54, 1.807) is 0 Å². The molecule has 1 aromatic rings. The molecule has 0 radical (unpaired) electrons. The molecule has 0 saturated carbocycles. The summed E-state index contributed by atoms with van der Waals surface area (Å²) in [6.07, 6.45) is 2.11. The van der Waals surface area contributed by atoms with Gasteiger partial charge in [-0.05, 0) is 25.7 Å². The first-order valence-electron chi connectivity index (χ1n) is 6.07. The maximum atomic E-state index is 11.5. The van der Waals surface area contributed by atoms with E-state index in [2.05, 4.69) is 9.88 Å². The first kappa shape index (κ1) is 13.3. The Morgan fingerprint density at radius 1 is 1.67 bits per heavy atom. The van der Waals surface area contributed by atoms with Crippen molar-refractivity contribution in [2.75, 3.05) is 31.7 Å². The largest absolute Gasteiger partial charge is 0.465 e. The maximum Gasteiger partial charge on any atom is 0.350 e. The van der Waals surface area contributed by atoms with Gasteiger partial charge in [0.05, 0.1) is 12.8 Å². The molecule has 1 unspecified atom stereocenters. The highest BCUT2D eigenvalue weighted by molar-refractivity contribution is 7.17. The quantitative estimate of drug-likeness (QED) is 0.842. The van der Waals surface area contributed by atoms with Crippen LogP contribution in [0.15, 0.2) is 0 Å². The van der Waals surface area contributed by atoms with E-state index < -0.39 is 0 Å². The SMILES string of the molecule is COC(=O)c1sc(N2CCCC(CO)C2)nc1C. The third-order valence-electron chi connectivity index (χ3n) is 3.20. The summed E-state index contributed by atoms with van der Waals surface area (Å²) in [4.78, 5) is 18.7. The molecule has 1 fully saturated rings. The summed E-state index contributed by atoms with van der Waals surface area (Å²) in [5, 5.41) is 10.1. The van der Waals surface area contributed by atoms with Crippen molar-refractivity contribution >= 4 is 22.4 Å². The summed E-state index contributed by atoms with van der Waals surface area (Å²) in [6, 6.07) is 0. The number of carbonyl (C=O) groups is 1. The molecule has 1 saturated heterocycles. The van der Waals surface area contributed by atoms with Gasteiger partial charge in [0.25, 0.3) is 0 Å². The molecule has 0 amide bonds. The summed E-state index contributed by atoms with van der Waals surface area (Å²) in [5.74, 6) is -0.0171. The van der Waals surface area contributed by atoms with Crippen molar-refractivity contribution in [3.05, 3.63) is 10.6 Å². The fourth-order valence-corrected chi connectivity index (χ4v) is 3.21. The van der Waals surface area contributed by atoms with E-state index >= 15 is 0 Å². The molecule has 2 heterocycles. The number of hydrogen-bond donors (Lipinski definition) is 1. The second-order valence-corrected chi connectivity index (χ2v) is 5.52. The molecule has 0 aliphatic carbocycles. The molecule has 1 atom stereocenters. The van der Waals surface area contributed by atoms with Gasteiger partial charge in [0.1, 0.15) is 4.88 Å². The van der Waals surface area contributed by atoms with Gasteiger partial charge in [-0.2, -0.15) is 0 Å². The van der Waals surface area contributed by atoms with Crippen molar-refractivity contribution in [2.24, 2.45) is 5.92 Å². The third kappa shape index (κ3) is 2.64. The Morgan fingerprint density at radius 3 is 3.11 bits per heavy atom. The van der Waals surface area contributed by atoms with E-state index in [1.807, 2.05) is 6.92 Å². The maximum absolute atomic E-state index is 11.5. The number of aliphatic hydroxyl groups is 1. The van der Waals surface area contributed by atoms with Gasteiger partial charge in [0.15, 0.2) is 5.13 Å². The molecule has 0 spiro atoms. The minimum absolute atomic E-state index is 0.213. The molecule has 100 valence electrons. The number of anilines is 1. The molecule has 1 N–H and O–H groups in total. The lowest BCUT2D eigenvalue weighted by atomic mass is 10.00. The second kappa shape index (κ2) is 5.67.